The first-order valence-electron chi connectivity index (χ1n) is 6.86. The summed E-state index contributed by atoms with van der Waals surface area (Å²) in [7, 11) is 3.22. The van der Waals surface area contributed by atoms with Crippen LogP contribution in [-0.4, -0.2) is 49.3 Å². The van der Waals surface area contributed by atoms with Crippen LogP contribution >= 0.6 is 0 Å². The van der Waals surface area contributed by atoms with Crippen LogP contribution in [0.4, 0.5) is 4.79 Å². The summed E-state index contributed by atoms with van der Waals surface area (Å²) >= 11 is 0. The molecular weight excluding hydrogens is 272 g/mol. The van der Waals surface area contributed by atoms with Gasteiger partial charge in [0.2, 0.25) is 0 Å². The van der Waals surface area contributed by atoms with Crippen molar-refractivity contribution in [2.75, 3.05) is 27.2 Å². The number of methoxy groups -OCH3 is 1. The van der Waals surface area contributed by atoms with Gasteiger partial charge in [-0.2, -0.15) is 0 Å². The number of ether oxygens (including phenoxy) is 1. The molecule has 0 atom stereocenters. The van der Waals surface area contributed by atoms with Gasteiger partial charge in [-0.25, -0.2) is 4.79 Å². The Kier molecular flexibility index (Phi) is 7.08. The Labute approximate surface area is 124 Å². The van der Waals surface area contributed by atoms with Crippen LogP contribution in [-0.2, 0) is 11.2 Å². The van der Waals surface area contributed by atoms with Gasteiger partial charge in [-0.05, 0) is 30.5 Å². The molecule has 0 aliphatic carbocycles. The highest BCUT2D eigenvalue weighted by Gasteiger charge is 2.08. The van der Waals surface area contributed by atoms with Gasteiger partial charge in [-0.3, -0.25) is 4.79 Å². The fourth-order valence-electron chi connectivity index (χ4n) is 1.78. The molecule has 0 aliphatic heterocycles. The average molecular weight is 294 g/mol. The third kappa shape index (κ3) is 6.65. The van der Waals surface area contributed by atoms with E-state index in [9.17, 15) is 9.59 Å². The van der Waals surface area contributed by atoms with Gasteiger partial charge < -0.3 is 20.1 Å². The lowest BCUT2D eigenvalue weighted by Gasteiger charge is -2.16. The van der Waals surface area contributed by atoms with Crippen molar-refractivity contribution >= 4 is 12.0 Å². The number of benzene rings is 1. The van der Waals surface area contributed by atoms with Crippen LogP contribution in [0.25, 0.3) is 0 Å². The Balaban J connectivity index is 2.20. The van der Waals surface area contributed by atoms with Crippen molar-refractivity contribution in [2.24, 2.45) is 0 Å². The first-order valence-corrected chi connectivity index (χ1v) is 6.86. The molecule has 0 fully saturated rings. The quantitative estimate of drug-likeness (QED) is 0.716. The van der Waals surface area contributed by atoms with E-state index in [1.54, 1.807) is 14.2 Å². The van der Waals surface area contributed by atoms with Crippen molar-refractivity contribution in [2.45, 2.75) is 19.3 Å². The van der Waals surface area contributed by atoms with Crippen molar-refractivity contribution in [3.8, 4) is 5.75 Å². The van der Waals surface area contributed by atoms with E-state index >= 15 is 0 Å². The molecule has 2 N–H and O–H groups in total. The predicted octanol–water partition coefficient (Wildman–Crippen LogP) is 1.74. The van der Waals surface area contributed by atoms with Crippen molar-refractivity contribution in [3.05, 3.63) is 29.8 Å². The molecule has 0 spiro atoms. The molecule has 0 bridgehead atoms. The van der Waals surface area contributed by atoms with Crippen LogP contribution in [0.2, 0.25) is 0 Å². The summed E-state index contributed by atoms with van der Waals surface area (Å²) in [6.45, 7) is 0.766. The monoisotopic (exact) mass is 294 g/mol. The highest BCUT2D eigenvalue weighted by atomic mass is 16.5. The third-order valence-electron chi connectivity index (χ3n) is 3.09. The molecule has 6 heteroatoms. The number of amides is 2. The lowest BCUT2D eigenvalue weighted by atomic mass is 10.1. The van der Waals surface area contributed by atoms with Crippen molar-refractivity contribution in [1.29, 1.82) is 0 Å². The normalized spacial score (nSPS) is 10.0. The van der Waals surface area contributed by atoms with E-state index in [2.05, 4.69) is 5.32 Å². The molecule has 0 aliphatic rings. The number of rotatable bonds is 8. The largest absolute Gasteiger partial charge is 0.497 e. The minimum Gasteiger partial charge on any atom is -0.497 e. The van der Waals surface area contributed by atoms with E-state index in [1.807, 2.05) is 24.3 Å². The first-order chi connectivity index (χ1) is 10.0. The van der Waals surface area contributed by atoms with Gasteiger partial charge in [0, 0.05) is 20.1 Å². The van der Waals surface area contributed by atoms with E-state index in [4.69, 9.17) is 9.84 Å². The molecule has 116 valence electrons. The number of nitrogens with zero attached hydrogens (tertiary/aromatic N) is 1. The molecule has 21 heavy (non-hydrogen) atoms. The summed E-state index contributed by atoms with van der Waals surface area (Å²) in [5.74, 6) is -0.0822. The Hall–Kier alpha value is -2.24. The molecule has 1 aromatic rings. The molecule has 0 saturated carbocycles. The fourth-order valence-corrected chi connectivity index (χ4v) is 1.78. The number of carboxylic acids is 1. The SMILES string of the molecule is COc1ccc(CCCNC(=O)N(C)CCC(=O)O)cc1. The predicted molar refractivity (Wildman–Crippen MR) is 79.6 cm³/mol. The number of aliphatic carboxylic acids is 1. The maximum absolute atomic E-state index is 11.7. The molecule has 0 heterocycles. The second kappa shape index (κ2) is 8.84. The highest BCUT2D eigenvalue weighted by Crippen LogP contribution is 2.12. The summed E-state index contributed by atoms with van der Waals surface area (Å²) in [5, 5.41) is 11.3. The zero-order chi connectivity index (χ0) is 15.7. The van der Waals surface area contributed by atoms with Gasteiger partial charge in [0.1, 0.15) is 5.75 Å². The topological polar surface area (TPSA) is 78.9 Å². The van der Waals surface area contributed by atoms with E-state index in [-0.39, 0.29) is 19.0 Å². The van der Waals surface area contributed by atoms with Gasteiger partial charge in [-0.15, -0.1) is 0 Å². The average Bonchev–Trinajstić information content (AvgIpc) is 2.49. The zero-order valence-corrected chi connectivity index (χ0v) is 12.5. The Morgan fingerprint density at radius 2 is 1.95 bits per heavy atom. The van der Waals surface area contributed by atoms with Crippen LogP contribution in [0.15, 0.2) is 24.3 Å². The van der Waals surface area contributed by atoms with Crippen molar-refractivity contribution < 1.29 is 19.4 Å². The Morgan fingerprint density at radius 3 is 2.52 bits per heavy atom. The molecule has 2 amide bonds. The smallest absolute Gasteiger partial charge is 0.317 e. The summed E-state index contributed by atoms with van der Waals surface area (Å²) in [6.07, 6.45) is 1.64. The minimum atomic E-state index is -0.908. The Bertz CT molecular complexity index is 459. The molecule has 1 rings (SSSR count). The van der Waals surface area contributed by atoms with E-state index in [0.717, 1.165) is 18.6 Å². The molecule has 1 aromatic carbocycles. The first kappa shape index (κ1) is 16.8. The second-order valence-electron chi connectivity index (χ2n) is 4.75. The van der Waals surface area contributed by atoms with Gasteiger partial charge in [0.05, 0.1) is 13.5 Å². The second-order valence-corrected chi connectivity index (χ2v) is 4.75. The standard InChI is InChI=1S/C15H22N2O4/c1-17(11-9-14(18)19)15(20)16-10-3-4-12-5-7-13(21-2)8-6-12/h5-8H,3-4,9-11H2,1-2H3,(H,16,20)(H,18,19). The molecule has 0 aromatic heterocycles. The van der Waals surface area contributed by atoms with Crippen LogP contribution < -0.4 is 10.1 Å². The molecule has 6 nitrogen and oxygen atoms in total. The maximum atomic E-state index is 11.7. The van der Waals surface area contributed by atoms with E-state index in [1.165, 1.54) is 10.5 Å². The van der Waals surface area contributed by atoms with Crippen molar-refractivity contribution in [1.82, 2.24) is 10.2 Å². The molecule has 0 unspecified atom stereocenters. The van der Waals surface area contributed by atoms with Crippen LogP contribution in [0.1, 0.15) is 18.4 Å². The number of nitrogens with one attached hydrogen (secondary N) is 1. The van der Waals surface area contributed by atoms with Gasteiger partial charge in [-0.1, -0.05) is 12.1 Å². The lowest BCUT2D eigenvalue weighted by molar-refractivity contribution is -0.137. The summed E-state index contributed by atoms with van der Waals surface area (Å²) in [5.41, 5.74) is 1.18. The number of urea groups is 1. The third-order valence-corrected chi connectivity index (χ3v) is 3.09. The summed E-state index contributed by atoms with van der Waals surface area (Å²) in [4.78, 5) is 23.5. The van der Waals surface area contributed by atoms with Gasteiger partial charge >= 0.3 is 12.0 Å². The molecular formula is C15H22N2O4. The van der Waals surface area contributed by atoms with Gasteiger partial charge in [0.25, 0.3) is 0 Å². The number of aryl methyl sites for hydroxylation is 1. The van der Waals surface area contributed by atoms with Gasteiger partial charge in [0.15, 0.2) is 0 Å². The summed E-state index contributed by atoms with van der Waals surface area (Å²) in [6, 6.07) is 7.58. The number of hydrogen-bond acceptors (Lipinski definition) is 3. The number of carbonyl (C=O) groups is 2. The molecule has 0 saturated heterocycles. The lowest BCUT2D eigenvalue weighted by Crippen LogP contribution is -2.38. The van der Waals surface area contributed by atoms with Crippen molar-refractivity contribution in [3.63, 3.8) is 0 Å². The number of hydrogen-bond donors (Lipinski definition) is 2. The Morgan fingerprint density at radius 1 is 1.29 bits per heavy atom. The maximum Gasteiger partial charge on any atom is 0.317 e. The van der Waals surface area contributed by atoms with Crippen LogP contribution in [0, 0.1) is 0 Å². The van der Waals surface area contributed by atoms with E-state index in [0.29, 0.717) is 6.54 Å². The van der Waals surface area contributed by atoms with Crippen LogP contribution in [0.5, 0.6) is 5.75 Å². The van der Waals surface area contributed by atoms with E-state index < -0.39 is 5.97 Å². The van der Waals surface area contributed by atoms with Crippen LogP contribution in [0.3, 0.4) is 0 Å². The summed E-state index contributed by atoms with van der Waals surface area (Å²) < 4.78 is 5.09. The number of carbonyl (C=O) groups excluding carboxylic acids is 1. The minimum absolute atomic E-state index is 0.0459. The highest BCUT2D eigenvalue weighted by molar-refractivity contribution is 5.74. The number of carboxylic acid groups (broad SMARTS) is 1. The molecule has 0 radical (unpaired) electrons. The zero-order valence-electron chi connectivity index (χ0n) is 12.5. The fraction of sp³-hybridized carbons (Fsp3) is 0.467.